The van der Waals surface area contributed by atoms with Crippen molar-refractivity contribution < 1.29 is 22.6 Å². The minimum Gasteiger partial charge on any atom is -0.384 e. The molecule has 0 aliphatic carbocycles. The van der Waals surface area contributed by atoms with Crippen molar-refractivity contribution in [3.63, 3.8) is 0 Å². The minimum atomic E-state index is -4.25. The number of halogens is 3. The van der Waals surface area contributed by atoms with E-state index < -0.39 is 12.8 Å². The lowest BCUT2D eigenvalue weighted by Crippen LogP contribution is -2.40. The first-order chi connectivity index (χ1) is 9.96. The van der Waals surface area contributed by atoms with Crippen molar-refractivity contribution in [2.24, 2.45) is 10.9 Å². The Bertz CT molecular complexity index is 324. The number of methoxy groups -OCH3 is 1. The van der Waals surface area contributed by atoms with Crippen LogP contribution in [0.15, 0.2) is 4.99 Å². The first kappa shape index (κ1) is 18.0. The van der Waals surface area contributed by atoms with Crippen LogP contribution >= 0.6 is 0 Å². The fraction of sp³-hybridized carbons (Fsp3) is 0.923. The van der Waals surface area contributed by atoms with Crippen LogP contribution in [0.1, 0.15) is 12.8 Å². The summed E-state index contributed by atoms with van der Waals surface area (Å²) in [4.78, 5) is 6.33. The molecule has 1 heterocycles. The number of rotatable bonds is 7. The molecule has 0 aromatic rings. The van der Waals surface area contributed by atoms with Crippen molar-refractivity contribution >= 4 is 5.96 Å². The molecule has 1 unspecified atom stereocenters. The van der Waals surface area contributed by atoms with Crippen LogP contribution in [0.2, 0.25) is 0 Å². The number of likely N-dealkylation sites (tertiary alicyclic amines) is 1. The maximum atomic E-state index is 11.9. The molecule has 8 heteroatoms. The Balaban J connectivity index is 2.15. The van der Waals surface area contributed by atoms with Gasteiger partial charge in [-0.2, -0.15) is 13.2 Å². The van der Waals surface area contributed by atoms with Crippen molar-refractivity contribution in [1.82, 2.24) is 10.2 Å². The summed E-state index contributed by atoms with van der Waals surface area (Å²) in [6.07, 6.45) is -2.69. The molecule has 5 nitrogen and oxygen atoms in total. The third-order valence-corrected chi connectivity index (χ3v) is 3.21. The molecule has 0 amide bonds. The van der Waals surface area contributed by atoms with E-state index in [1.807, 2.05) is 0 Å². The lowest BCUT2D eigenvalue weighted by Gasteiger charge is -2.21. The number of hydrogen-bond donors (Lipinski definition) is 1. The van der Waals surface area contributed by atoms with Crippen LogP contribution in [0.4, 0.5) is 13.2 Å². The van der Waals surface area contributed by atoms with Crippen molar-refractivity contribution in [3.8, 4) is 0 Å². The third kappa shape index (κ3) is 7.52. The Kier molecular flexibility index (Phi) is 7.81. The summed E-state index contributed by atoms with van der Waals surface area (Å²) in [5, 5.41) is 3.15. The van der Waals surface area contributed by atoms with E-state index in [-0.39, 0.29) is 6.61 Å². The minimum absolute atomic E-state index is 0.0792. The van der Waals surface area contributed by atoms with E-state index in [9.17, 15) is 13.2 Å². The maximum Gasteiger partial charge on any atom is 0.411 e. The molecule has 0 spiro atoms. The smallest absolute Gasteiger partial charge is 0.384 e. The maximum absolute atomic E-state index is 11.9. The van der Waals surface area contributed by atoms with Crippen LogP contribution in [0.5, 0.6) is 0 Å². The number of ether oxygens (including phenoxy) is 2. The molecule has 0 aromatic heterocycles. The summed E-state index contributed by atoms with van der Waals surface area (Å²) < 4.78 is 45.3. The highest BCUT2D eigenvalue weighted by Crippen LogP contribution is 2.16. The molecular formula is C13H24F3N3O2. The molecule has 0 aromatic carbocycles. The molecule has 1 fully saturated rings. The predicted octanol–water partition coefficient (Wildman–Crippen LogP) is 1.50. The lowest BCUT2D eigenvalue weighted by molar-refractivity contribution is -0.173. The molecule has 0 radical (unpaired) electrons. The SMILES string of the molecule is CN=C(NCCCOCC(F)(F)F)N1CCC(COC)C1. The van der Waals surface area contributed by atoms with Gasteiger partial charge in [0.2, 0.25) is 0 Å². The van der Waals surface area contributed by atoms with Gasteiger partial charge in [-0.05, 0) is 12.8 Å². The Morgan fingerprint density at radius 2 is 2.19 bits per heavy atom. The molecule has 1 saturated heterocycles. The van der Waals surface area contributed by atoms with Crippen LogP contribution < -0.4 is 5.32 Å². The van der Waals surface area contributed by atoms with Gasteiger partial charge in [0.15, 0.2) is 5.96 Å². The summed E-state index contributed by atoms with van der Waals surface area (Å²) in [6.45, 7) is 1.97. The van der Waals surface area contributed by atoms with Gasteiger partial charge in [0.1, 0.15) is 6.61 Å². The standard InChI is InChI=1S/C13H24F3N3O2/c1-17-12(19-6-4-11(8-19)9-20-2)18-5-3-7-21-10-13(14,15)16/h11H,3-10H2,1-2H3,(H,17,18). The second kappa shape index (κ2) is 9.09. The molecule has 1 N–H and O–H groups in total. The van der Waals surface area contributed by atoms with Crippen LogP contribution in [0.25, 0.3) is 0 Å². The summed E-state index contributed by atoms with van der Waals surface area (Å²) in [5.41, 5.74) is 0. The topological polar surface area (TPSA) is 46.1 Å². The van der Waals surface area contributed by atoms with Gasteiger partial charge in [0, 0.05) is 46.3 Å². The van der Waals surface area contributed by atoms with Gasteiger partial charge < -0.3 is 19.7 Å². The predicted molar refractivity (Wildman–Crippen MR) is 74.4 cm³/mol. The van der Waals surface area contributed by atoms with Crippen LogP contribution in [0.3, 0.4) is 0 Å². The number of aliphatic imine (C=N–C) groups is 1. The van der Waals surface area contributed by atoms with Crippen molar-refractivity contribution in [2.45, 2.75) is 19.0 Å². The second-order valence-electron chi connectivity index (χ2n) is 5.05. The van der Waals surface area contributed by atoms with Crippen LogP contribution in [-0.2, 0) is 9.47 Å². The number of alkyl halides is 3. The Morgan fingerprint density at radius 3 is 2.81 bits per heavy atom. The van der Waals surface area contributed by atoms with E-state index in [0.29, 0.717) is 18.9 Å². The Morgan fingerprint density at radius 1 is 1.43 bits per heavy atom. The van der Waals surface area contributed by atoms with Gasteiger partial charge in [0.05, 0.1) is 6.61 Å². The molecule has 0 bridgehead atoms. The van der Waals surface area contributed by atoms with Gasteiger partial charge in [-0.25, -0.2) is 0 Å². The number of guanidine groups is 1. The van der Waals surface area contributed by atoms with Crippen molar-refractivity contribution in [2.75, 3.05) is 53.6 Å². The van der Waals surface area contributed by atoms with E-state index in [2.05, 4.69) is 19.9 Å². The van der Waals surface area contributed by atoms with E-state index >= 15 is 0 Å². The highest BCUT2D eigenvalue weighted by Gasteiger charge is 2.27. The number of nitrogens with one attached hydrogen (secondary N) is 1. The van der Waals surface area contributed by atoms with Crippen molar-refractivity contribution in [3.05, 3.63) is 0 Å². The average Bonchev–Trinajstić information content (AvgIpc) is 2.85. The van der Waals surface area contributed by atoms with E-state index in [1.165, 1.54) is 0 Å². The fourth-order valence-electron chi connectivity index (χ4n) is 2.29. The van der Waals surface area contributed by atoms with Gasteiger partial charge >= 0.3 is 6.18 Å². The number of hydrogen-bond acceptors (Lipinski definition) is 3. The van der Waals surface area contributed by atoms with Gasteiger partial charge in [-0.1, -0.05) is 0 Å². The molecule has 1 rings (SSSR count). The zero-order valence-corrected chi connectivity index (χ0v) is 12.6. The fourth-order valence-corrected chi connectivity index (χ4v) is 2.29. The molecule has 1 atom stereocenters. The van der Waals surface area contributed by atoms with Gasteiger partial charge in [-0.15, -0.1) is 0 Å². The molecule has 124 valence electrons. The van der Waals surface area contributed by atoms with Gasteiger partial charge in [0.25, 0.3) is 0 Å². The van der Waals surface area contributed by atoms with E-state index in [1.54, 1.807) is 14.2 Å². The highest BCUT2D eigenvalue weighted by atomic mass is 19.4. The number of nitrogens with zero attached hydrogens (tertiary/aromatic N) is 2. The highest BCUT2D eigenvalue weighted by molar-refractivity contribution is 5.80. The lowest BCUT2D eigenvalue weighted by atomic mass is 10.1. The largest absolute Gasteiger partial charge is 0.411 e. The van der Waals surface area contributed by atoms with Gasteiger partial charge in [-0.3, -0.25) is 4.99 Å². The molecular weight excluding hydrogens is 287 g/mol. The zero-order chi connectivity index (χ0) is 15.7. The summed E-state index contributed by atoms with van der Waals surface area (Å²) >= 11 is 0. The van der Waals surface area contributed by atoms with E-state index in [0.717, 1.165) is 32.1 Å². The summed E-state index contributed by atoms with van der Waals surface area (Å²) in [7, 11) is 3.39. The quantitative estimate of drug-likeness (QED) is 0.440. The molecule has 21 heavy (non-hydrogen) atoms. The second-order valence-corrected chi connectivity index (χ2v) is 5.05. The van der Waals surface area contributed by atoms with Crippen LogP contribution in [0, 0.1) is 5.92 Å². The van der Waals surface area contributed by atoms with Crippen molar-refractivity contribution in [1.29, 1.82) is 0 Å². The summed E-state index contributed by atoms with van der Waals surface area (Å²) in [6, 6.07) is 0. The molecule has 1 aliphatic heterocycles. The first-order valence-electron chi connectivity index (χ1n) is 7.05. The van der Waals surface area contributed by atoms with E-state index in [4.69, 9.17) is 4.74 Å². The average molecular weight is 311 g/mol. The molecule has 0 saturated carbocycles. The first-order valence-corrected chi connectivity index (χ1v) is 7.05. The summed E-state index contributed by atoms with van der Waals surface area (Å²) in [5.74, 6) is 1.29. The Hall–Kier alpha value is -1.02. The zero-order valence-electron chi connectivity index (χ0n) is 12.6. The normalized spacial score (nSPS) is 20.1. The Labute approximate surface area is 123 Å². The van der Waals surface area contributed by atoms with Crippen LogP contribution in [-0.4, -0.2) is 70.6 Å². The molecule has 1 aliphatic rings. The monoisotopic (exact) mass is 311 g/mol. The third-order valence-electron chi connectivity index (χ3n) is 3.21.